The van der Waals surface area contributed by atoms with Gasteiger partial charge in [-0.15, -0.1) is 0 Å². The van der Waals surface area contributed by atoms with Gasteiger partial charge in [-0.1, -0.05) is 11.8 Å². The number of carboxylic acid groups (broad SMARTS) is 1. The van der Waals surface area contributed by atoms with Crippen molar-refractivity contribution in [3.8, 4) is 0 Å². The molecule has 150 valence electrons. The van der Waals surface area contributed by atoms with Crippen LogP contribution in [0.1, 0.15) is 6.42 Å². The molecule has 2 saturated heterocycles. The number of amides is 2. The van der Waals surface area contributed by atoms with Crippen molar-refractivity contribution in [3.05, 3.63) is 29.7 Å². The van der Waals surface area contributed by atoms with Crippen LogP contribution in [0.4, 0.5) is 13.2 Å². The number of alkyl halides is 3. The molecule has 0 aromatic carbocycles. The third kappa shape index (κ3) is 3.66. The molecule has 0 saturated carbocycles. The van der Waals surface area contributed by atoms with Gasteiger partial charge in [-0.2, -0.15) is 13.2 Å². The van der Waals surface area contributed by atoms with Crippen molar-refractivity contribution in [2.75, 3.05) is 12.3 Å². The van der Waals surface area contributed by atoms with Crippen molar-refractivity contribution >= 4 is 59.1 Å². The van der Waals surface area contributed by atoms with Crippen LogP contribution in [0.3, 0.4) is 0 Å². The van der Waals surface area contributed by atoms with Gasteiger partial charge in [0.1, 0.15) is 11.7 Å². The first-order valence-corrected chi connectivity index (χ1v) is 9.24. The molecule has 0 radical (unpaired) electrons. The Labute approximate surface area is 188 Å². The Morgan fingerprint density at radius 3 is 2.52 bits per heavy atom. The normalized spacial score (nSPS) is 25.3. The quantitative estimate of drug-likeness (QED) is 0.311. The van der Waals surface area contributed by atoms with Crippen LogP contribution in [0.15, 0.2) is 34.9 Å². The first-order chi connectivity index (χ1) is 13.2. The minimum absolute atomic E-state index is 0. The van der Waals surface area contributed by atoms with Crippen molar-refractivity contribution < 1.29 is 32.7 Å². The second kappa shape index (κ2) is 7.89. The maximum atomic E-state index is 12.8. The summed E-state index contributed by atoms with van der Waals surface area (Å²) >= 11 is 1.17. The van der Waals surface area contributed by atoms with Crippen molar-refractivity contribution in [3.63, 3.8) is 0 Å². The molecule has 0 unspecified atom stereocenters. The number of likely N-dealkylation sites (tertiary alicyclic amines) is 1. The van der Waals surface area contributed by atoms with Crippen molar-refractivity contribution in [1.82, 2.24) is 19.8 Å². The number of thioether (sulfide) groups is 1. The van der Waals surface area contributed by atoms with E-state index in [0.29, 0.717) is 15.6 Å². The van der Waals surface area contributed by atoms with Crippen LogP contribution in [0.5, 0.6) is 0 Å². The van der Waals surface area contributed by atoms with Crippen LogP contribution in [0.2, 0.25) is 0 Å². The second-order valence-electron chi connectivity index (χ2n) is 6.64. The van der Waals surface area contributed by atoms with E-state index in [1.165, 1.54) is 24.2 Å². The van der Waals surface area contributed by atoms with E-state index in [1.807, 2.05) is 0 Å². The predicted octanol–water partition coefficient (Wildman–Crippen LogP) is 0.263. The Hall–Kier alpha value is -1.63. The van der Waals surface area contributed by atoms with E-state index in [1.54, 1.807) is 6.07 Å². The van der Waals surface area contributed by atoms with Gasteiger partial charge in [-0.25, -0.2) is 14.8 Å². The fourth-order valence-corrected chi connectivity index (χ4v) is 4.88. The average molecular weight is 438 g/mol. The summed E-state index contributed by atoms with van der Waals surface area (Å²) in [5.74, 6) is -4.44. The van der Waals surface area contributed by atoms with Gasteiger partial charge in [-0.3, -0.25) is 14.5 Å². The summed E-state index contributed by atoms with van der Waals surface area (Å²) in [6.07, 6.45) is -1.84. The molecule has 1 N–H and O–H groups in total. The third-order valence-electron chi connectivity index (χ3n) is 5.07. The Morgan fingerprint density at radius 2 is 1.93 bits per heavy atom. The van der Waals surface area contributed by atoms with E-state index in [9.17, 15) is 32.7 Å². The number of carbonyl (C=O) groups excluding carboxylic acids is 2. The molecule has 8 nitrogen and oxygen atoms in total. The minimum atomic E-state index is -5.08. The number of hydrogen-bond acceptors (Lipinski definition) is 6. The zero-order valence-corrected chi connectivity index (χ0v) is 14.9. The van der Waals surface area contributed by atoms with Crippen LogP contribution in [0, 0.1) is 5.92 Å². The molecule has 29 heavy (non-hydrogen) atoms. The summed E-state index contributed by atoms with van der Waals surface area (Å²) in [4.78, 5) is 45.5. The van der Waals surface area contributed by atoms with E-state index in [2.05, 4.69) is 9.97 Å². The Morgan fingerprint density at radius 1 is 1.28 bits per heavy atom. The van der Waals surface area contributed by atoms with Gasteiger partial charge in [0.25, 0.3) is 5.91 Å². The van der Waals surface area contributed by atoms with E-state index in [0.717, 1.165) is 4.90 Å². The molecular formula is C16H14F3N4NaO4S. The number of rotatable bonds is 4. The van der Waals surface area contributed by atoms with E-state index < -0.39 is 42.0 Å². The Balaban J connectivity index is 0.00000240. The second-order valence-corrected chi connectivity index (χ2v) is 7.58. The summed E-state index contributed by atoms with van der Waals surface area (Å²) in [7, 11) is 0. The standard InChI is InChI=1S/C16H13F3N4O4S.Na.H/c17-16(18,19)14(27)22-5-7-4-8(6-28-15-20-2-1-3-21-15)10(13(25)26)23-9(7)11(22)12(23)24;;/h1-3,7,9,11H,4-6H2,(H,25,26);;/t7-,9-,11+;;/m1../s1. The molecule has 0 spiro atoms. The zero-order chi connectivity index (χ0) is 20.2. The molecule has 4 heterocycles. The number of hydrogen-bond donors (Lipinski definition) is 1. The van der Waals surface area contributed by atoms with Crippen LogP contribution in [-0.4, -0.2) is 103 Å². The Bertz CT molecular complexity index is 898. The van der Waals surface area contributed by atoms with Gasteiger partial charge in [0.15, 0.2) is 5.16 Å². The number of carboxylic acids is 1. The molecule has 2 amide bonds. The van der Waals surface area contributed by atoms with Crippen LogP contribution < -0.4 is 0 Å². The van der Waals surface area contributed by atoms with E-state index in [4.69, 9.17) is 0 Å². The number of halogens is 3. The summed E-state index contributed by atoms with van der Waals surface area (Å²) < 4.78 is 38.5. The average Bonchev–Trinajstić information content (AvgIpc) is 3.00. The van der Waals surface area contributed by atoms with Crippen molar-refractivity contribution in [1.29, 1.82) is 0 Å². The number of nitrogens with zero attached hydrogens (tertiary/aromatic N) is 4. The number of aromatic nitrogens is 2. The summed E-state index contributed by atoms with van der Waals surface area (Å²) in [6.45, 7) is -0.237. The number of β-lactam (4-membered cyclic amide) rings is 1. The third-order valence-corrected chi connectivity index (χ3v) is 6.03. The van der Waals surface area contributed by atoms with Gasteiger partial charge < -0.3 is 10.0 Å². The fourth-order valence-electron chi connectivity index (χ4n) is 4.05. The molecule has 2 fully saturated rings. The molecule has 1 aromatic rings. The van der Waals surface area contributed by atoms with Gasteiger partial charge in [0.2, 0.25) is 0 Å². The molecule has 3 aliphatic heterocycles. The summed E-state index contributed by atoms with van der Waals surface area (Å²) in [6, 6.07) is -0.354. The monoisotopic (exact) mass is 438 g/mol. The van der Waals surface area contributed by atoms with Gasteiger partial charge in [0, 0.05) is 30.6 Å². The topological polar surface area (TPSA) is 104 Å². The maximum absolute atomic E-state index is 12.8. The van der Waals surface area contributed by atoms with Gasteiger partial charge in [-0.05, 0) is 18.1 Å². The predicted molar refractivity (Wildman–Crippen MR) is 94.9 cm³/mol. The zero-order valence-electron chi connectivity index (χ0n) is 14.1. The molecule has 3 aliphatic rings. The van der Waals surface area contributed by atoms with Gasteiger partial charge >= 0.3 is 47.6 Å². The molecule has 4 rings (SSSR count). The first kappa shape index (κ1) is 22.1. The summed E-state index contributed by atoms with van der Waals surface area (Å²) in [5.41, 5.74) is 0.201. The van der Waals surface area contributed by atoms with Crippen LogP contribution >= 0.6 is 11.8 Å². The molecule has 0 bridgehead atoms. The molecule has 13 heteroatoms. The van der Waals surface area contributed by atoms with E-state index >= 15 is 0 Å². The number of aliphatic carboxylic acids is 1. The molecule has 0 aliphatic carbocycles. The van der Waals surface area contributed by atoms with Crippen molar-refractivity contribution in [2.45, 2.75) is 29.8 Å². The molecular weight excluding hydrogens is 424 g/mol. The fraction of sp³-hybridized carbons (Fsp3) is 0.438. The van der Waals surface area contributed by atoms with Crippen LogP contribution in [-0.2, 0) is 14.4 Å². The first-order valence-electron chi connectivity index (χ1n) is 8.26. The SMILES string of the molecule is O=C(O)C1=C(CSc2ncccn2)C[C@@H]2CN(C(=O)C(F)(F)F)[C@@H]3C(=O)N1[C@H]23.[NaH]. The number of carbonyl (C=O) groups is 3. The summed E-state index contributed by atoms with van der Waals surface area (Å²) in [5, 5.41) is 10.0. The Kier molecular flexibility index (Phi) is 6.01. The van der Waals surface area contributed by atoms with Crippen LogP contribution in [0.25, 0.3) is 0 Å². The van der Waals surface area contributed by atoms with Crippen molar-refractivity contribution in [2.24, 2.45) is 5.92 Å². The molecule has 3 atom stereocenters. The molecule has 1 aromatic heterocycles. The van der Waals surface area contributed by atoms with E-state index in [-0.39, 0.29) is 54.0 Å². The van der Waals surface area contributed by atoms with Gasteiger partial charge in [0.05, 0.1) is 6.04 Å².